The highest BCUT2D eigenvalue weighted by molar-refractivity contribution is 8.19. The molecule has 1 saturated heterocycles. The molecule has 0 bridgehead atoms. The molecule has 2 aliphatic heterocycles. The van der Waals surface area contributed by atoms with Crippen LogP contribution in [0.4, 0.5) is 17.1 Å². The van der Waals surface area contributed by atoms with Crippen molar-refractivity contribution in [3.63, 3.8) is 0 Å². The topological polar surface area (TPSA) is 74.2 Å². The number of methoxy groups -OCH3 is 1. The molecule has 0 radical (unpaired) electrons. The van der Waals surface area contributed by atoms with Gasteiger partial charge in [-0.1, -0.05) is 31.0 Å². The van der Waals surface area contributed by atoms with Crippen molar-refractivity contribution in [1.29, 1.82) is 0 Å². The van der Waals surface area contributed by atoms with E-state index in [1.165, 1.54) is 25.1 Å². The summed E-state index contributed by atoms with van der Waals surface area (Å²) in [6.07, 6.45) is 5.46. The molecule has 1 aliphatic carbocycles. The minimum atomic E-state index is -0.113. The second kappa shape index (κ2) is 9.99. The summed E-state index contributed by atoms with van der Waals surface area (Å²) in [6, 6.07) is 13.6. The fourth-order valence-electron chi connectivity index (χ4n) is 4.64. The van der Waals surface area contributed by atoms with E-state index in [1.54, 1.807) is 18.9 Å². The largest absolute Gasteiger partial charge is 0.497 e. The zero-order valence-corrected chi connectivity index (χ0v) is 21.7. The maximum absolute atomic E-state index is 13.8. The van der Waals surface area contributed by atoms with Gasteiger partial charge in [-0.2, -0.15) is 0 Å². The van der Waals surface area contributed by atoms with Crippen molar-refractivity contribution in [3.8, 4) is 5.75 Å². The Morgan fingerprint density at radius 1 is 1.09 bits per heavy atom. The number of amides is 2. The van der Waals surface area contributed by atoms with Crippen LogP contribution in [-0.4, -0.2) is 42.1 Å². The number of nitrogens with zero attached hydrogens (tertiary/aromatic N) is 3. The lowest BCUT2D eigenvalue weighted by Gasteiger charge is -2.30. The van der Waals surface area contributed by atoms with Crippen molar-refractivity contribution in [2.45, 2.75) is 50.0 Å². The smallest absolute Gasteiger partial charge is 0.269 e. The standard InChI is InChI=1S/C26H28N4O3S2/c1-16(31)27-17-9-11-18(12-10-17)28-26-30(19-7-5-4-6-8-19)24(32)23(35-26)25-29(2)21-15-20(33-3)13-14-22(21)34-25/h9-15,19H,4-8H2,1-3H3,(H,27,31)/b25-23-,28-26?. The molecule has 2 fully saturated rings. The number of thioether (sulfide) groups is 2. The van der Waals surface area contributed by atoms with Gasteiger partial charge in [-0.05, 0) is 61.0 Å². The number of nitrogens with one attached hydrogen (secondary N) is 1. The molecule has 5 rings (SSSR count). The minimum absolute atomic E-state index is 0.0321. The molecule has 182 valence electrons. The van der Waals surface area contributed by atoms with E-state index in [4.69, 9.17) is 9.73 Å². The summed E-state index contributed by atoms with van der Waals surface area (Å²) in [6.45, 7) is 1.48. The lowest BCUT2D eigenvalue weighted by atomic mass is 9.94. The zero-order chi connectivity index (χ0) is 24.5. The summed E-state index contributed by atoms with van der Waals surface area (Å²) < 4.78 is 5.40. The number of hydrogen-bond acceptors (Lipinski definition) is 7. The SMILES string of the molecule is COc1ccc2c(c1)N(C)/C(=C1/SC(=Nc3ccc(NC(C)=O)cc3)N(C3CCCCC3)C1=O)S2. The van der Waals surface area contributed by atoms with Gasteiger partial charge in [0.05, 0.1) is 23.5 Å². The zero-order valence-electron chi connectivity index (χ0n) is 20.0. The Bertz CT molecular complexity index is 1220. The Balaban J connectivity index is 1.50. The molecule has 9 heteroatoms. The molecule has 3 aliphatic rings. The van der Waals surface area contributed by atoms with Crippen LogP contribution in [0.15, 0.2) is 62.3 Å². The number of aliphatic imine (C=N–C) groups is 1. The first kappa shape index (κ1) is 23.8. The van der Waals surface area contributed by atoms with E-state index in [1.807, 2.05) is 54.4 Å². The molecule has 0 spiro atoms. The quantitative estimate of drug-likeness (QED) is 0.514. The monoisotopic (exact) mass is 508 g/mol. The predicted molar refractivity (Wildman–Crippen MR) is 143 cm³/mol. The molecular formula is C26H28N4O3S2. The van der Waals surface area contributed by atoms with Crippen molar-refractivity contribution in [1.82, 2.24) is 4.90 Å². The Hall–Kier alpha value is -2.91. The fourth-order valence-corrected chi connectivity index (χ4v) is 7.02. The van der Waals surface area contributed by atoms with Crippen LogP contribution in [0.2, 0.25) is 0 Å². The Morgan fingerprint density at radius 2 is 1.83 bits per heavy atom. The molecule has 0 atom stereocenters. The third-order valence-corrected chi connectivity index (χ3v) is 8.81. The molecule has 2 aromatic carbocycles. The van der Waals surface area contributed by atoms with E-state index in [9.17, 15) is 9.59 Å². The fraction of sp³-hybridized carbons (Fsp3) is 0.346. The van der Waals surface area contributed by atoms with Gasteiger partial charge in [0.25, 0.3) is 5.91 Å². The molecule has 2 aromatic rings. The Kier molecular flexibility index (Phi) is 6.80. The first-order chi connectivity index (χ1) is 16.9. The number of benzene rings is 2. The second-order valence-electron chi connectivity index (χ2n) is 8.82. The van der Waals surface area contributed by atoms with E-state index in [-0.39, 0.29) is 17.9 Å². The second-order valence-corrected chi connectivity index (χ2v) is 10.8. The van der Waals surface area contributed by atoms with E-state index in [0.717, 1.165) is 63.6 Å². The van der Waals surface area contributed by atoms with Crippen molar-refractivity contribution >= 4 is 57.6 Å². The maximum Gasteiger partial charge on any atom is 0.269 e. The van der Waals surface area contributed by atoms with E-state index < -0.39 is 0 Å². The van der Waals surface area contributed by atoms with Crippen LogP contribution in [-0.2, 0) is 9.59 Å². The number of ether oxygens (including phenoxy) is 1. The van der Waals surface area contributed by atoms with Gasteiger partial charge in [0.15, 0.2) is 5.17 Å². The van der Waals surface area contributed by atoms with Crippen LogP contribution in [0.3, 0.4) is 0 Å². The summed E-state index contributed by atoms with van der Waals surface area (Å²) in [5.41, 5.74) is 2.51. The predicted octanol–water partition coefficient (Wildman–Crippen LogP) is 5.96. The third-order valence-electron chi connectivity index (χ3n) is 6.40. The Morgan fingerprint density at radius 3 is 2.51 bits per heavy atom. The summed E-state index contributed by atoms with van der Waals surface area (Å²) >= 11 is 3.07. The highest BCUT2D eigenvalue weighted by Gasteiger charge is 2.42. The lowest BCUT2D eigenvalue weighted by molar-refractivity contribution is -0.124. The summed E-state index contributed by atoms with van der Waals surface area (Å²) in [5.74, 6) is 0.712. The van der Waals surface area contributed by atoms with Crippen molar-refractivity contribution in [2.75, 3.05) is 24.4 Å². The van der Waals surface area contributed by atoms with Gasteiger partial charge in [-0.3, -0.25) is 14.5 Å². The summed E-state index contributed by atoms with van der Waals surface area (Å²) in [4.78, 5) is 35.9. The number of hydrogen-bond donors (Lipinski definition) is 1. The van der Waals surface area contributed by atoms with Gasteiger partial charge in [0, 0.05) is 36.7 Å². The first-order valence-corrected chi connectivity index (χ1v) is 13.4. The summed E-state index contributed by atoms with van der Waals surface area (Å²) in [7, 11) is 3.66. The minimum Gasteiger partial charge on any atom is -0.497 e. The van der Waals surface area contributed by atoms with Crippen LogP contribution in [0.25, 0.3) is 0 Å². The normalized spacial score (nSPS) is 21.6. The molecule has 7 nitrogen and oxygen atoms in total. The van der Waals surface area contributed by atoms with Gasteiger partial charge in [0.2, 0.25) is 5.91 Å². The summed E-state index contributed by atoms with van der Waals surface area (Å²) in [5, 5.41) is 4.42. The molecule has 35 heavy (non-hydrogen) atoms. The van der Waals surface area contributed by atoms with Gasteiger partial charge < -0.3 is 15.0 Å². The maximum atomic E-state index is 13.8. The number of anilines is 2. The molecule has 1 N–H and O–H groups in total. The van der Waals surface area contributed by atoms with E-state index >= 15 is 0 Å². The van der Waals surface area contributed by atoms with Crippen LogP contribution in [0.5, 0.6) is 5.75 Å². The molecule has 0 aromatic heterocycles. The number of carbonyl (C=O) groups is 2. The number of rotatable bonds is 4. The number of amidine groups is 1. The average Bonchev–Trinajstić information content (AvgIpc) is 3.36. The molecular weight excluding hydrogens is 480 g/mol. The average molecular weight is 509 g/mol. The van der Waals surface area contributed by atoms with E-state index in [2.05, 4.69) is 10.2 Å². The highest BCUT2D eigenvalue weighted by atomic mass is 32.2. The Labute approximate surface area is 214 Å². The highest BCUT2D eigenvalue weighted by Crippen LogP contribution is 2.51. The number of carbonyl (C=O) groups excluding carboxylic acids is 2. The van der Waals surface area contributed by atoms with Gasteiger partial charge in [-0.25, -0.2) is 4.99 Å². The van der Waals surface area contributed by atoms with Crippen molar-refractivity contribution < 1.29 is 14.3 Å². The number of fused-ring (bicyclic) bond motifs is 1. The lowest BCUT2D eigenvalue weighted by Crippen LogP contribution is -2.40. The van der Waals surface area contributed by atoms with Crippen LogP contribution in [0, 0.1) is 0 Å². The molecule has 0 unspecified atom stereocenters. The van der Waals surface area contributed by atoms with Crippen LogP contribution in [0.1, 0.15) is 39.0 Å². The molecule has 1 saturated carbocycles. The van der Waals surface area contributed by atoms with Crippen molar-refractivity contribution in [3.05, 3.63) is 52.4 Å². The van der Waals surface area contributed by atoms with Gasteiger partial charge in [0.1, 0.15) is 10.7 Å². The van der Waals surface area contributed by atoms with Gasteiger partial charge >= 0.3 is 0 Å². The van der Waals surface area contributed by atoms with Gasteiger partial charge in [-0.15, -0.1) is 0 Å². The third kappa shape index (κ3) is 4.79. The first-order valence-electron chi connectivity index (χ1n) is 11.8. The van der Waals surface area contributed by atoms with Crippen LogP contribution >= 0.6 is 23.5 Å². The van der Waals surface area contributed by atoms with Crippen molar-refractivity contribution in [2.24, 2.45) is 4.99 Å². The van der Waals surface area contributed by atoms with Crippen LogP contribution < -0.4 is 15.0 Å². The van der Waals surface area contributed by atoms with E-state index in [0.29, 0.717) is 4.91 Å². The molecule has 2 heterocycles. The molecule has 2 amide bonds.